The van der Waals surface area contributed by atoms with Gasteiger partial charge in [0.1, 0.15) is 0 Å². The Bertz CT molecular complexity index is 381. The summed E-state index contributed by atoms with van der Waals surface area (Å²) in [6.07, 6.45) is 1.41. The van der Waals surface area contributed by atoms with Crippen molar-refractivity contribution < 1.29 is 0 Å². The normalized spacial score (nSPS) is 30.1. The fraction of sp³-hybridized carbons (Fsp3) is 0.538. The lowest BCUT2D eigenvalue weighted by atomic mass is 9.88. The third-order valence-corrected chi connectivity index (χ3v) is 4.42. The van der Waals surface area contributed by atoms with Crippen molar-refractivity contribution in [1.29, 1.82) is 0 Å². The molecule has 3 heteroatoms. The van der Waals surface area contributed by atoms with Crippen LogP contribution in [0.1, 0.15) is 12.0 Å². The van der Waals surface area contributed by atoms with E-state index in [1.54, 1.807) is 0 Å². The predicted octanol–water partition coefficient (Wildman–Crippen LogP) is 2.34. The van der Waals surface area contributed by atoms with E-state index in [1.165, 1.54) is 29.5 Å². The number of nitrogens with zero attached hydrogens (tertiary/aromatic N) is 2. The van der Waals surface area contributed by atoms with E-state index in [0.717, 1.165) is 18.6 Å². The number of piperidine rings is 1. The Labute approximate surface area is 105 Å². The quantitative estimate of drug-likeness (QED) is 0.821. The molecule has 0 spiro atoms. The molecular weight excluding hydrogens is 264 g/mol. The fourth-order valence-corrected chi connectivity index (χ4v) is 3.35. The lowest BCUT2D eigenvalue weighted by molar-refractivity contribution is -0.0532. The Balaban J connectivity index is 1.64. The van der Waals surface area contributed by atoms with Crippen molar-refractivity contribution in [2.45, 2.75) is 25.0 Å². The molecule has 16 heavy (non-hydrogen) atoms. The van der Waals surface area contributed by atoms with Gasteiger partial charge in [0, 0.05) is 36.2 Å². The highest BCUT2D eigenvalue weighted by molar-refractivity contribution is 9.10. The maximum atomic E-state index is 3.53. The van der Waals surface area contributed by atoms with Crippen molar-refractivity contribution >= 4 is 15.9 Å². The van der Waals surface area contributed by atoms with Gasteiger partial charge in [0.2, 0.25) is 0 Å². The Kier molecular flexibility index (Phi) is 2.78. The molecule has 86 valence electrons. The summed E-state index contributed by atoms with van der Waals surface area (Å²) in [5, 5.41) is 0. The van der Waals surface area contributed by atoms with Crippen molar-refractivity contribution in [3.05, 3.63) is 34.3 Å². The summed E-state index contributed by atoms with van der Waals surface area (Å²) < 4.78 is 1.18. The van der Waals surface area contributed by atoms with Crippen LogP contribution in [0.5, 0.6) is 0 Å². The van der Waals surface area contributed by atoms with Crippen molar-refractivity contribution in [2.75, 3.05) is 20.1 Å². The van der Waals surface area contributed by atoms with Crippen molar-refractivity contribution in [1.82, 2.24) is 9.80 Å². The first-order chi connectivity index (χ1) is 7.72. The molecule has 3 saturated heterocycles. The van der Waals surface area contributed by atoms with Crippen LogP contribution in [0.3, 0.4) is 0 Å². The van der Waals surface area contributed by atoms with Gasteiger partial charge in [0.15, 0.2) is 0 Å². The maximum absolute atomic E-state index is 3.53. The number of likely N-dealkylation sites (N-methyl/N-ethyl adjacent to an activating group) is 1. The molecule has 4 rings (SSSR count). The minimum atomic E-state index is 0.811. The monoisotopic (exact) mass is 280 g/mol. The molecule has 2 bridgehead atoms. The topological polar surface area (TPSA) is 6.48 Å². The highest BCUT2D eigenvalue weighted by Crippen LogP contribution is 2.31. The summed E-state index contributed by atoms with van der Waals surface area (Å²) in [5.41, 5.74) is 1.42. The lowest BCUT2D eigenvalue weighted by Crippen LogP contribution is -2.66. The van der Waals surface area contributed by atoms with Crippen molar-refractivity contribution in [2.24, 2.45) is 0 Å². The number of rotatable bonds is 2. The maximum Gasteiger partial charge on any atom is 0.0239 e. The highest BCUT2D eigenvalue weighted by atomic mass is 79.9. The summed E-state index contributed by atoms with van der Waals surface area (Å²) >= 11 is 3.53. The second-order valence-electron chi connectivity index (χ2n) is 5.03. The zero-order valence-electron chi connectivity index (χ0n) is 9.56. The second kappa shape index (κ2) is 4.13. The number of halogens is 1. The standard InChI is InChI=1S/C13H17BrN2/c1-15-12-6-13(15)9-16(8-12)7-10-3-2-4-11(14)5-10/h2-5,12-13H,6-9H2,1H3. The first kappa shape index (κ1) is 10.8. The van der Waals surface area contributed by atoms with Gasteiger partial charge in [0.25, 0.3) is 0 Å². The summed E-state index contributed by atoms with van der Waals surface area (Å²) in [5.74, 6) is 0. The van der Waals surface area contributed by atoms with E-state index >= 15 is 0 Å². The second-order valence-corrected chi connectivity index (χ2v) is 5.95. The van der Waals surface area contributed by atoms with Crippen molar-refractivity contribution in [3.63, 3.8) is 0 Å². The molecular formula is C13H17BrN2. The summed E-state index contributed by atoms with van der Waals surface area (Å²) in [4.78, 5) is 5.11. The lowest BCUT2D eigenvalue weighted by Gasteiger charge is -2.55. The van der Waals surface area contributed by atoms with Crippen LogP contribution in [0.4, 0.5) is 0 Å². The molecule has 1 aromatic rings. The van der Waals surface area contributed by atoms with E-state index < -0.39 is 0 Å². The Hall–Kier alpha value is -0.380. The fourth-order valence-electron chi connectivity index (χ4n) is 2.91. The van der Waals surface area contributed by atoms with Crippen LogP contribution in [0.2, 0.25) is 0 Å². The van der Waals surface area contributed by atoms with Gasteiger partial charge in [-0.2, -0.15) is 0 Å². The van der Waals surface area contributed by atoms with Crippen molar-refractivity contribution in [3.8, 4) is 0 Å². The smallest absolute Gasteiger partial charge is 0.0239 e. The van der Waals surface area contributed by atoms with Crippen LogP contribution in [0, 0.1) is 0 Å². The van der Waals surface area contributed by atoms with Crippen LogP contribution < -0.4 is 0 Å². The molecule has 0 N–H and O–H groups in total. The molecule has 2 unspecified atom stereocenters. The third kappa shape index (κ3) is 1.92. The van der Waals surface area contributed by atoms with E-state index in [0.29, 0.717) is 0 Å². The van der Waals surface area contributed by atoms with Gasteiger partial charge in [-0.15, -0.1) is 0 Å². The molecule has 0 radical (unpaired) electrons. The van der Waals surface area contributed by atoms with Gasteiger partial charge in [-0.3, -0.25) is 9.80 Å². The minimum Gasteiger partial charge on any atom is -0.298 e. The third-order valence-electron chi connectivity index (χ3n) is 3.93. The van der Waals surface area contributed by atoms with Crippen LogP contribution in [0.25, 0.3) is 0 Å². The van der Waals surface area contributed by atoms with Crippen LogP contribution >= 0.6 is 15.9 Å². The molecule has 2 atom stereocenters. The minimum absolute atomic E-state index is 0.811. The molecule has 3 heterocycles. The van der Waals surface area contributed by atoms with Gasteiger partial charge in [-0.05, 0) is 31.2 Å². The number of hydrogen-bond acceptors (Lipinski definition) is 2. The van der Waals surface area contributed by atoms with Gasteiger partial charge in [-0.25, -0.2) is 0 Å². The zero-order valence-corrected chi connectivity index (χ0v) is 11.2. The molecule has 3 aliphatic rings. The molecule has 0 saturated carbocycles. The predicted molar refractivity (Wildman–Crippen MR) is 69.4 cm³/mol. The molecule has 2 nitrogen and oxygen atoms in total. The van der Waals surface area contributed by atoms with E-state index in [-0.39, 0.29) is 0 Å². The number of hydrogen-bond donors (Lipinski definition) is 0. The first-order valence-electron chi connectivity index (χ1n) is 5.91. The average Bonchev–Trinajstić information content (AvgIpc) is 2.28. The molecule has 0 amide bonds. The zero-order chi connectivity index (χ0) is 11.1. The molecule has 0 aromatic heterocycles. The van der Waals surface area contributed by atoms with Crippen LogP contribution in [-0.4, -0.2) is 42.0 Å². The summed E-state index contributed by atoms with van der Waals surface area (Å²) in [6.45, 7) is 3.57. The van der Waals surface area contributed by atoms with Crippen LogP contribution in [-0.2, 0) is 6.54 Å². The van der Waals surface area contributed by atoms with E-state index in [9.17, 15) is 0 Å². The molecule has 3 aliphatic heterocycles. The van der Waals surface area contributed by atoms with Gasteiger partial charge >= 0.3 is 0 Å². The first-order valence-corrected chi connectivity index (χ1v) is 6.70. The van der Waals surface area contributed by atoms with E-state index in [4.69, 9.17) is 0 Å². The number of piperazine rings is 1. The summed E-state index contributed by atoms with van der Waals surface area (Å²) in [7, 11) is 2.26. The molecule has 3 fully saturated rings. The van der Waals surface area contributed by atoms with Gasteiger partial charge in [-0.1, -0.05) is 28.1 Å². The van der Waals surface area contributed by atoms with Gasteiger partial charge < -0.3 is 0 Å². The van der Waals surface area contributed by atoms with E-state index in [2.05, 4.69) is 57.0 Å². The highest BCUT2D eigenvalue weighted by Gasteiger charge is 2.41. The SMILES string of the molecule is CN1C2CC1CN(Cc1cccc(Br)c1)C2. The Morgan fingerprint density at radius 1 is 1.31 bits per heavy atom. The summed E-state index contributed by atoms with van der Waals surface area (Å²) in [6, 6.07) is 10.3. The van der Waals surface area contributed by atoms with Crippen LogP contribution in [0.15, 0.2) is 28.7 Å². The Morgan fingerprint density at radius 3 is 2.69 bits per heavy atom. The van der Waals surface area contributed by atoms with Gasteiger partial charge in [0.05, 0.1) is 0 Å². The molecule has 0 aliphatic carbocycles. The largest absolute Gasteiger partial charge is 0.298 e. The Morgan fingerprint density at radius 2 is 2.06 bits per heavy atom. The number of benzene rings is 1. The number of fused-ring (bicyclic) bond motifs is 2. The molecule has 1 aromatic carbocycles. The average molecular weight is 281 g/mol. The van der Waals surface area contributed by atoms with E-state index in [1.807, 2.05) is 0 Å².